The molecule has 0 atom stereocenters. The molecule has 2 N–H and O–H groups in total. The maximum atomic E-state index is 11.6. The van der Waals surface area contributed by atoms with Crippen LogP contribution in [0.4, 0.5) is 0 Å². The topological polar surface area (TPSA) is 74.6 Å². The molecule has 0 aliphatic heterocycles. The van der Waals surface area contributed by atoms with Crippen molar-refractivity contribution < 1.29 is 19.8 Å². The SMILES string of the molecule is CC(C)(C)C(c1cccc(C(=O)O)c1C(=O)O)C(C)(C)C. The quantitative estimate of drug-likeness (QED) is 0.873. The van der Waals surface area contributed by atoms with Gasteiger partial charge in [0.05, 0.1) is 11.1 Å². The molecule has 1 aromatic rings. The number of hydrogen-bond donors (Lipinski definition) is 2. The Balaban J connectivity index is 3.72. The van der Waals surface area contributed by atoms with E-state index in [2.05, 4.69) is 0 Å². The molecular formula is C17H24O4. The molecular weight excluding hydrogens is 268 g/mol. The molecule has 0 bridgehead atoms. The first-order valence-electron chi connectivity index (χ1n) is 6.97. The van der Waals surface area contributed by atoms with Crippen LogP contribution in [0.15, 0.2) is 18.2 Å². The van der Waals surface area contributed by atoms with Gasteiger partial charge in [-0.25, -0.2) is 9.59 Å². The molecule has 116 valence electrons. The molecule has 0 saturated heterocycles. The Labute approximate surface area is 125 Å². The summed E-state index contributed by atoms with van der Waals surface area (Å²) in [6.45, 7) is 12.3. The van der Waals surface area contributed by atoms with Crippen LogP contribution in [0, 0.1) is 10.8 Å². The van der Waals surface area contributed by atoms with E-state index in [1.807, 2.05) is 41.5 Å². The van der Waals surface area contributed by atoms with Crippen LogP contribution >= 0.6 is 0 Å². The van der Waals surface area contributed by atoms with Crippen molar-refractivity contribution in [1.82, 2.24) is 0 Å². The summed E-state index contributed by atoms with van der Waals surface area (Å²) in [4.78, 5) is 23.0. The van der Waals surface area contributed by atoms with E-state index >= 15 is 0 Å². The van der Waals surface area contributed by atoms with Crippen molar-refractivity contribution >= 4 is 11.9 Å². The van der Waals surface area contributed by atoms with Gasteiger partial charge in [-0.2, -0.15) is 0 Å². The lowest BCUT2D eigenvalue weighted by molar-refractivity contribution is 0.0646. The van der Waals surface area contributed by atoms with Gasteiger partial charge < -0.3 is 10.2 Å². The van der Waals surface area contributed by atoms with E-state index in [9.17, 15) is 19.8 Å². The Morgan fingerprint density at radius 1 is 0.905 bits per heavy atom. The lowest BCUT2D eigenvalue weighted by Gasteiger charge is -2.42. The minimum absolute atomic E-state index is 0.0876. The van der Waals surface area contributed by atoms with Crippen molar-refractivity contribution in [3.8, 4) is 0 Å². The molecule has 0 radical (unpaired) electrons. The second-order valence-electron chi connectivity index (χ2n) is 7.55. The number of benzene rings is 1. The summed E-state index contributed by atoms with van der Waals surface area (Å²) >= 11 is 0. The molecule has 0 fully saturated rings. The molecule has 4 nitrogen and oxygen atoms in total. The summed E-state index contributed by atoms with van der Waals surface area (Å²) in [6, 6.07) is 4.70. The molecule has 0 spiro atoms. The van der Waals surface area contributed by atoms with Gasteiger partial charge in [-0.15, -0.1) is 0 Å². The monoisotopic (exact) mass is 292 g/mol. The van der Waals surface area contributed by atoms with Gasteiger partial charge in [0.25, 0.3) is 0 Å². The Morgan fingerprint density at radius 3 is 1.71 bits per heavy atom. The smallest absolute Gasteiger partial charge is 0.336 e. The molecule has 4 heteroatoms. The third kappa shape index (κ3) is 3.63. The largest absolute Gasteiger partial charge is 0.478 e. The first-order valence-corrected chi connectivity index (χ1v) is 6.97. The highest BCUT2D eigenvalue weighted by Gasteiger charge is 2.39. The third-order valence-corrected chi connectivity index (χ3v) is 3.58. The second-order valence-corrected chi connectivity index (χ2v) is 7.55. The summed E-state index contributed by atoms with van der Waals surface area (Å²) < 4.78 is 0. The minimum atomic E-state index is -1.21. The summed E-state index contributed by atoms with van der Waals surface area (Å²) in [7, 11) is 0. The van der Waals surface area contributed by atoms with Crippen LogP contribution in [0.3, 0.4) is 0 Å². The van der Waals surface area contributed by atoms with Crippen molar-refractivity contribution in [2.75, 3.05) is 0 Å². The van der Waals surface area contributed by atoms with Crippen LogP contribution in [0.2, 0.25) is 0 Å². The molecule has 0 aliphatic carbocycles. The van der Waals surface area contributed by atoms with Crippen molar-refractivity contribution in [1.29, 1.82) is 0 Å². The lowest BCUT2D eigenvalue weighted by Crippen LogP contribution is -2.32. The van der Waals surface area contributed by atoms with E-state index in [1.54, 1.807) is 12.1 Å². The van der Waals surface area contributed by atoms with Gasteiger partial charge in [0.2, 0.25) is 0 Å². The maximum absolute atomic E-state index is 11.6. The zero-order valence-electron chi connectivity index (χ0n) is 13.5. The highest BCUT2D eigenvalue weighted by atomic mass is 16.4. The third-order valence-electron chi connectivity index (χ3n) is 3.58. The molecule has 0 unspecified atom stereocenters. The fraction of sp³-hybridized carbons (Fsp3) is 0.529. The van der Waals surface area contributed by atoms with Crippen LogP contribution in [-0.4, -0.2) is 22.2 Å². The van der Waals surface area contributed by atoms with E-state index in [0.717, 1.165) is 0 Å². The average molecular weight is 292 g/mol. The standard InChI is InChI=1S/C17H24O4/c1-16(2,3)13(17(4,5)6)10-8-7-9-11(14(18)19)12(10)15(20)21/h7-9,13H,1-6H3,(H,18,19)(H,20,21). The summed E-state index contributed by atoms with van der Waals surface area (Å²) in [5, 5.41) is 18.8. The zero-order valence-corrected chi connectivity index (χ0v) is 13.5. The number of carboxylic acid groups (broad SMARTS) is 2. The summed E-state index contributed by atoms with van der Waals surface area (Å²) in [5.41, 5.74) is -0.0557. The molecule has 0 heterocycles. The molecule has 0 aliphatic rings. The number of carboxylic acids is 2. The molecule has 0 aromatic heterocycles. The van der Waals surface area contributed by atoms with E-state index < -0.39 is 11.9 Å². The Bertz CT molecular complexity index is 545. The Kier molecular flexibility index (Phi) is 4.51. The highest BCUT2D eigenvalue weighted by Crippen LogP contribution is 2.48. The van der Waals surface area contributed by atoms with Crippen LogP contribution in [0.25, 0.3) is 0 Å². The molecule has 0 amide bonds. The Morgan fingerprint density at radius 2 is 1.38 bits per heavy atom. The van der Waals surface area contributed by atoms with Gasteiger partial charge in [-0.05, 0) is 28.4 Å². The first-order chi connectivity index (χ1) is 9.37. The number of carbonyl (C=O) groups is 2. The number of aromatic carboxylic acids is 2. The maximum Gasteiger partial charge on any atom is 0.336 e. The van der Waals surface area contributed by atoms with Crippen LogP contribution in [-0.2, 0) is 0 Å². The second kappa shape index (κ2) is 5.51. The van der Waals surface area contributed by atoms with Gasteiger partial charge in [0.15, 0.2) is 0 Å². The molecule has 0 saturated carbocycles. The van der Waals surface area contributed by atoms with E-state index in [-0.39, 0.29) is 27.9 Å². The number of hydrogen-bond acceptors (Lipinski definition) is 2. The fourth-order valence-electron chi connectivity index (χ4n) is 3.46. The summed E-state index contributed by atoms with van der Waals surface area (Å²) in [5.74, 6) is -2.49. The van der Waals surface area contributed by atoms with E-state index in [0.29, 0.717) is 5.56 Å². The van der Waals surface area contributed by atoms with Crippen LogP contribution in [0.5, 0.6) is 0 Å². The minimum Gasteiger partial charge on any atom is -0.478 e. The predicted molar refractivity (Wildman–Crippen MR) is 82.0 cm³/mol. The summed E-state index contributed by atoms with van der Waals surface area (Å²) in [6.07, 6.45) is 0. The van der Waals surface area contributed by atoms with Crippen molar-refractivity contribution in [3.05, 3.63) is 34.9 Å². The van der Waals surface area contributed by atoms with Crippen molar-refractivity contribution in [3.63, 3.8) is 0 Å². The van der Waals surface area contributed by atoms with Crippen LogP contribution in [0.1, 0.15) is 73.7 Å². The van der Waals surface area contributed by atoms with Gasteiger partial charge >= 0.3 is 11.9 Å². The molecule has 1 rings (SSSR count). The lowest BCUT2D eigenvalue weighted by atomic mass is 9.62. The van der Waals surface area contributed by atoms with E-state index in [1.165, 1.54) is 6.07 Å². The van der Waals surface area contributed by atoms with Crippen molar-refractivity contribution in [2.45, 2.75) is 47.5 Å². The predicted octanol–water partition coefficient (Wildman–Crippen LogP) is 4.26. The Hall–Kier alpha value is -1.84. The normalized spacial score (nSPS) is 12.5. The van der Waals surface area contributed by atoms with Gasteiger partial charge in [0, 0.05) is 0 Å². The highest BCUT2D eigenvalue weighted by molar-refractivity contribution is 6.02. The zero-order chi connectivity index (χ0) is 16.6. The van der Waals surface area contributed by atoms with Gasteiger partial charge in [0.1, 0.15) is 0 Å². The average Bonchev–Trinajstić information content (AvgIpc) is 2.23. The van der Waals surface area contributed by atoms with Gasteiger partial charge in [-0.1, -0.05) is 53.7 Å². The molecule has 21 heavy (non-hydrogen) atoms. The van der Waals surface area contributed by atoms with Gasteiger partial charge in [-0.3, -0.25) is 0 Å². The first kappa shape index (κ1) is 17.2. The van der Waals surface area contributed by atoms with Crippen LogP contribution < -0.4 is 0 Å². The number of rotatable bonds is 3. The van der Waals surface area contributed by atoms with E-state index in [4.69, 9.17) is 0 Å². The van der Waals surface area contributed by atoms with Crippen molar-refractivity contribution in [2.24, 2.45) is 10.8 Å². The fourth-order valence-corrected chi connectivity index (χ4v) is 3.46. The molecule has 1 aromatic carbocycles.